The number of alkyl halides is 3. The van der Waals surface area contributed by atoms with E-state index in [4.69, 9.17) is 16.3 Å². The van der Waals surface area contributed by atoms with Gasteiger partial charge in [0.05, 0.1) is 12.7 Å². The Labute approximate surface area is 140 Å². The summed E-state index contributed by atoms with van der Waals surface area (Å²) >= 11 is 5.72. The van der Waals surface area contributed by atoms with Crippen molar-refractivity contribution >= 4 is 17.5 Å². The Morgan fingerprint density at radius 2 is 1.79 bits per heavy atom. The molecule has 0 radical (unpaired) electrons. The number of pyridine rings is 1. The first-order chi connectivity index (χ1) is 11.2. The number of ether oxygens (including phenoxy) is 1. The molecule has 0 unspecified atom stereocenters. The second kappa shape index (κ2) is 7.06. The molecule has 0 spiro atoms. The topological polar surface area (TPSA) is 51.7 Å². The molecule has 1 heterocycles. The molecule has 0 saturated carbocycles. The number of nitrogens with zero attached hydrogens (tertiary/aromatic N) is 2. The van der Waals surface area contributed by atoms with Crippen LogP contribution in [-0.2, 0) is 11.0 Å². The monoisotopic (exact) mass is 360 g/mol. The summed E-state index contributed by atoms with van der Waals surface area (Å²) in [6.45, 7) is 0. The molecule has 1 aromatic heterocycles. The van der Waals surface area contributed by atoms with Crippen LogP contribution in [0.3, 0.4) is 0 Å². The highest BCUT2D eigenvalue weighted by Gasteiger charge is 2.38. The third kappa shape index (κ3) is 4.15. The van der Waals surface area contributed by atoms with Gasteiger partial charge in [0.25, 0.3) is 5.91 Å². The first kappa shape index (κ1) is 18.0. The van der Waals surface area contributed by atoms with Gasteiger partial charge in [-0.3, -0.25) is 9.63 Å². The highest BCUT2D eigenvalue weighted by Crippen LogP contribution is 2.33. The van der Waals surface area contributed by atoms with Crippen molar-refractivity contribution in [1.29, 1.82) is 0 Å². The smallest absolute Gasteiger partial charge is 0.434 e. The highest BCUT2D eigenvalue weighted by molar-refractivity contribution is 6.30. The Morgan fingerprint density at radius 3 is 2.33 bits per heavy atom. The lowest BCUT2D eigenvalue weighted by molar-refractivity contribution is -0.142. The molecule has 0 bridgehead atoms. The molecule has 0 fully saturated rings. The maximum absolute atomic E-state index is 13.2. The van der Waals surface area contributed by atoms with E-state index in [1.165, 1.54) is 37.4 Å². The molecule has 9 heteroatoms. The van der Waals surface area contributed by atoms with Gasteiger partial charge >= 0.3 is 6.18 Å². The van der Waals surface area contributed by atoms with Crippen LogP contribution < -0.4 is 4.74 Å². The lowest BCUT2D eigenvalue weighted by atomic mass is 10.1. The average molecular weight is 361 g/mol. The van der Waals surface area contributed by atoms with E-state index in [2.05, 4.69) is 9.82 Å². The van der Waals surface area contributed by atoms with Gasteiger partial charge in [-0.2, -0.15) is 13.2 Å². The van der Waals surface area contributed by atoms with Crippen molar-refractivity contribution in [1.82, 2.24) is 10.0 Å². The number of hydroxylamine groups is 2. The minimum Gasteiger partial charge on any atom is -0.439 e. The van der Waals surface area contributed by atoms with E-state index >= 15 is 0 Å². The zero-order valence-electron chi connectivity index (χ0n) is 12.6. The predicted molar refractivity (Wildman–Crippen MR) is 79.9 cm³/mol. The second-order valence-corrected chi connectivity index (χ2v) is 5.02. The molecule has 2 aromatic rings. The van der Waals surface area contributed by atoms with Gasteiger partial charge in [-0.25, -0.2) is 10.0 Å². The standard InChI is InChI=1S/C15H12ClF3N2O3/c1-21(23-2)14(22)11-7-8-12(20-13(11)15(17,18)19)24-10-5-3-9(16)4-6-10/h3-8H,1-2H3. The largest absolute Gasteiger partial charge is 0.439 e. The van der Waals surface area contributed by atoms with Crippen molar-refractivity contribution < 1.29 is 27.5 Å². The number of hydrogen-bond acceptors (Lipinski definition) is 4. The number of amides is 1. The molecule has 0 aliphatic heterocycles. The van der Waals surface area contributed by atoms with E-state index < -0.39 is 23.3 Å². The van der Waals surface area contributed by atoms with E-state index in [0.717, 1.165) is 13.2 Å². The SMILES string of the molecule is CON(C)C(=O)c1ccc(Oc2ccc(Cl)cc2)nc1C(F)(F)F. The van der Waals surface area contributed by atoms with E-state index in [-0.39, 0.29) is 11.6 Å². The summed E-state index contributed by atoms with van der Waals surface area (Å²) in [5.41, 5.74) is -2.00. The molecule has 128 valence electrons. The van der Waals surface area contributed by atoms with Crippen LogP contribution in [0.2, 0.25) is 5.02 Å². The first-order valence-electron chi connectivity index (χ1n) is 6.56. The molecule has 0 N–H and O–H groups in total. The van der Waals surface area contributed by atoms with Gasteiger partial charge in [-0.15, -0.1) is 0 Å². The van der Waals surface area contributed by atoms with Crippen molar-refractivity contribution in [2.45, 2.75) is 6.18 Å². The minimum absolute atomic E-state index is 0.258. The van der Waals surface area contributed by atoms with Crippen LogP contribution in [0.1, 0.15) is 16.1 Å². The molecular formula is C15H12ClF3N2O3. The summed E-state index contributed by atoms with van der Waals surface area (Å²) in [5, 5.41) is 1.13. The number of rotatable bonds is 4. The van der Waals surface area contributed by atoms with Crippen molar-refractivity contribution in [2.75, 3.05) is 14.2 Å². The third-order valence-corrected chi connectivity index (χ3v) is 3.22. The van der Waals surface area contributed by atoms with Crippen molar-refractivity contribution in [3.8, 4) is 11.6 Å². The third-order valence-electron chi connectivity index (χ3n) is 2.96. The Hall–Kier alpha value is -2.32. The van der Waals surface area contributed by atoms with E-state index in [1.54, 1.807) is 0 Å². The van der Waals surface area contributed by atoms with E-state index in [9.17, 15) is 18.0 Å². The van der Waals surface area contributed by atoms with Crippen LogP contribution in [0.5, 0.6) is 11.6 Å². The summed E-state index contributed by atoms with van der Waals surface area (Å²) in [7, 11) is 2.36. The van der Waals surface area contributed by atoms with E-state index in [0.29, 0.717) is 10.1 Å². The lowest BCUT2D eigenvalue weighted by Gasteiger charge is -2.17. The fraction of sp³-hybridized carbons (Fsp3) is 0.200. The van der Waals surface area contributed by atoms with Crippen molar-refractivity contribution in [2.24, 2.45) is 0 Å². The van der Waals surface area contributed by atoms with Gasteiger partial charge < -0.3 is 4.74 Å². The van der Waals surface area contributed by atoms with Crippen LogP contribution >= 0.6 is 11.6 Å². The van der Waals surface area contributed by atoms with Gasteiger partial charge in [-0.05, 0) is 30.3 Å². The Morgan fingerprint density at radius 1 is 1.17 bits per heavy atom. The molecule has 2 rings (SSSR count). The number of halogens is 4. The number of carbonyl (C=O) groups is 1. The van der Waals surface area contributed by atoms with Gasteiger partial charge in [0, 0.05) is 18.1 Å². The molecule has 0 atom stereocenters. The summed E-state index contributed by atoms with van der Waals surface area (Å²) < 4.78 is 44.9. The minimum atomic E-state index is -4.83. The molecule has 1 amide bonds. The predicted octanol–water partition coefficient (Wildman–Crippen LogP) is 4.18. The fourth-order valence-corrected chi connectivity index (χ4v) is 1.89. The molecule has 0 aliphatic rings. The molecule has 24 heavy (non-hydrogen) atoms. The lowest BCUT2D eigenvalue weighted by Crippen LogP contribution is -2.28. The summed E-state index contributed by atoms with van der Waals surface area (Å²) in [6.07, 6.45) is -4.83. The molecule has 5 nitrogen and oxygen atoms in total. The zero-order chi connectivity index (χ0) is 17.9. The van der Waals surface area contributed by atoms with Crippen LogP contribution in [0.4, 0.5) is 13.2 Å². The van der Waals surface area contributed by atoms with Crippen molar-refractivity contribution in [3.05, 3.63) is 52.7 Å². The molecule has 0 saturated heterocycles. The van der Waals surface area contributed by atoms with Crippen LogP contribution in [0, 0.1) is 0 Å². The summed E-state index contributed by atoms with van der Waals surface area (Å²) in [5.74, 6) is -1.02. The maximum Gasteiger partial charge on any atom is 0.434 e. The van der Waals surface area contributed by atoms with Crippen LogP contribution in [0.15, 0.2) is 36.4 Å². The van der Waals surface area contributed by atoms with Gasteiger partial charge in [0.1, 0.15) is 5.75 Å². The molecule has 0 aliphatic carbocycles. The zero-order valence-corrected chi connectivity index (χ0v) is 13.4. The maximum atomic E-state index is 13.2. The number of carbonyl (C=O) groups excluding carboxylic acids is 1. The summed E-state index contributed by atoms with van der Waals surface area (Å²) in [4.78, 5) is 20.0. The number of benzene rings is 1. The van der Waals surface area contributed by atoms with Crippen LogP contribution in [-0.4, -0.2) is 30.1 Å². The Kier molecular flexibility index (Phi) is 5.30. The molecular weight excluding hydrogens is 349 g/mol. The Bertz CT molecular complexity index is 736. The van der Waals surface area contributed by atoms with Gasteiger partial charge in [0.15, 0.2) is 5.69 Å². The number of aromatic nitrogens is 1. The summed E-state index contributed by atoms with van der Waals surface area (Å²) in [6, 6.07) is 8.16. The van der Waals surface area contributed by atoms with Gasteiger partial charge in [-0.1, -0.05) is 11.6 Å². The normalized spacial score (nSPS) is 11.2. The number of hydrogen-bond donors (Lipinski definition) is 0. The second-order valence-electron chi connectivity index (χ2n) is 4.58. The van der Waals surface area contributed by atoms with Crippen molar-refractivity contribution in [3.63, 3.8) is 0 Å². The Balaban J connectivity index is 2.39. The highest BCUT2D eigenvalue weighted by atomic mass is 35.5. The fourth-order valence-electron chi connectivity index (χ4n) is 1.76. The molecule has 1 aromatic carbocycles. The van der Waals surface area contributed by atoms with Crippen LogP contribution in [0.25, 0.3) is 0 Å². The van der Waals surface area contributed by atoms with Gasteiger partial charge in [0.2, 0.25) is 5.88 Å². The quantitative estimate of drug-likeness (QED) is 0.767. The average Bonchev–Trinajstić information content (AvgIpc) is 2.54. The first-order valence-corrected chi connectivity index (χ1v) is 6.94. The van der Waals surface area contributed by atoms with E-state index in [1.807, 2.05) is 0 Å².